The second-order valence-corrected chi connectivity index (χ2v) is 8.06. The summed E-state index contributed by atoms with van der Waals surface area (Å²) in [5.74, 6) is 0. The number of piperazine rings is 1. The van der Waals surface area contributed by atoms with E-state index in [1.807, 2.05) is 12.1 Å². The number of halogens is 1. The van der Waals surface area contributed by atoms with Crippen molar-refractivity contribution in [3.05, 3.63) is 94.5 Å². The van der Waals surface area contributed by atoms with Crippen LogP contribution in [0.1, 0.15) is 16.7 Å². The van der Waals surface area contributed by atoms with Crippen LogP contribution in [0.3, 0.4) is 0 Å². The van der Waals surface area contributed by atoms with Gasteiger partial charge in [0.15, 0.2) is 0 Å². The standard InChI is InChI=1S/C25H27ClN2/c1-20-6-2-4-8-24(20)22-12-10-21(11-13-22)18-27-14-16-28(17-15-27)19-23-7-3-5-9-25(23)26/h2-13H,14-19H2,1H3. The molecule has 1 fully saturated rings. The highest BCUT2D eigenvalue weighted by Crippen LogP contribution is 2.24. The average molecular weight is 391 g/mol. The zero-order valence-electron chi connectivity index (χ0n) is 16.4. The summed E-state index contributed by atoms with van der Waals surface area (Å²) in [6.07, 6.45) is 0. The predicted octanol–water partition coefficient (Wildman–Crippen LogP) is 5.63. The quantitative estimate of drug-likeness (QED) is 0.556. The zero-order valence-corrected chi connectivity index (χ0v) is 17.2. The first kappa shape index (κ1) is 19.2. The molecule has 4 rings (SSSR count). The lowest BCUT2D eigenvalue weighted by atomic mass is 9.99. The highest BCUT2D eigenvalue weighted by atomic mass is 35.5. The van der Waals surface area contributed by atoms with Crippen LogP contribution in [-0.4, -0.2) is 36.0 Å². The Hall–Kier alpha value is -2.13. The van der Waals surface area contributed by atoms with Crippen molar-refractivity contribution in [2.75, 3.05) is 26.2 Å². The SMILES string of the molecule is Cc1ccccc1-c1ccc(CN2CCN(Cc3ccccc3Cl)CC2)cc1. The van der Waals surface area contributed by atoms with E-state index in [9.17, 15) is 0 Å². The van der Waals surface area contributed by atoms with E-state index in [2.05, 4.69) is 77.4 Å². The third kappa shape index (κ3) is 4.64. The van der Waals surface area contributed by atoms with E-state index < -0.39 is 0 Å². The first-order chi connectivity index (χ1) is 13.7. The van der Waals surface area contributed by atoms with Crippen LogP contribution in [0.4, 0.5) is 0 Å². The number of rotatable bonds is 5. The van der Waals surface area contributed by atoms with Gasteiger partial charge in [-0.25, -0.2) is 0 Å². The minimum absolute atomic E-state index is 0.874. The minimum atomic E-state index is 0.874. The summed E-state index contributed by atoms with van der Waals surface area (Å²) in [6, 6.07) is 25.8. The van der Waals surface area contributed by atoms with Crippen LogP contribution in [0.25, 0.3) is 11.1 Å². The van der Waals surface area contributed by atoms with Crippen molar-refractivity contribution in [3.8, 4) is 11.1 Å². The maximum atomic E-state index is 6.31. The molecule has 2 nitrogen and oxygen atoms in total. The van der Waals surface area contributed by atoms with Crippen LogP contribution >= 0.6 is 11.6 Å². The molecule has 0 unspecified atom stereocenters. The summed E-state index contributed by atoms with van der Waals surface area (Å²) in [5, 5.41) is 0.874. The summed E-state index contributed by atoms with van der Waals surface area (Å²) in [7, 11) is 0. The largest absolute Gasteiger partial charge is 0.297 e. The van der Waals surface area contributed by atoms with Crippen molar-refractivity contribution < 1.29 is 0 Å². The molecule has 0 radical (unpaired) electrons. The van der Waals surface area contributed by atoms with E-state index >= 15 is 0 Å². The lowest BCUT2D eigenvalue weighted by Gasteiger charge is -2.35. The van der Waals surface area contributed by atoms with E-state index in [0.29, 0.717) is 0 Å². The highest BCUT2D eigenvalue weighted by molar-refractivity contribution is 6.31. The van der Waals surface area contributed by atoms with E-state index in [1.54, 1.807) is 0 Å². The summed E-state index contributed by atoms with van der Waals surface area (Å²) >= 11 is 6.31. The second kappa shape index (κ2) is 8.91. The normalized spacial score (nSPS) is 15.6. The van der Waals surface area contributed by atoms with Crippen molar-refractivity contribution in [3.63, 3.8) is 0 Å². The maximum Gasteiger partial charge on any atom is 0.0451 e. The van der Waals surface area contributed by atoms with Crippen LogP contribution in [0.15, 0.2) is 72.8 Å². The molecule has 3 heteroatoms. The van der Waals surface area contributed by atoms with Gasteiger partial charge in [-0.15, -0.1) is 0 Å². The molecule has 0 bridgehead atoms. The molecule has 3 aromatic carbocycles. The zero-order chi connectivity index (χ0) is 19.3. The fourth-order valence-electron chi connectivity index (χ4n) is 3.92. The molecule has 0 atom stereocenters. The smallest absolute Gasteiger partial charge is 0.0451 e. The molecular formula is C25H27ClN2. The van der Waals surface area contributed by atoms with Gasteiger partial charge in [0.25, 0.3) is 0 Å². The van der Waals surface area contributed by atoms with Gasteiger partial charge in [0.1, 0.15) is 0 Å². The van der Waals surface area contributed by atoms with Crippen molar-refractivity contribution >= 4 is 11.6 Å². The Morgan fingerprint density at radius 3 is 2.00 bits per heavy atom. The van der Waals surface area contributed by atoms with Gasteiger partial charge in [0, 0.05) is 44.3 Å². The van der Waals surface area contributed by atoms with Crippen LogP contribution in [0.5, 0.6) is 0 Å². The van der Waals surface area contributed by atoms with Crippen molar-refractivity contribution in [1.29, 1.82) is 0 Å². The van der Waals surface area contributed by atoms with E-state index in [-0.39, 0.29) is 0 Å². The van der Waals surface area contributed by atoms with Gasteiger partial charge in [0.2, 0.25) is 0 Å². The molecule has 1 aliphatic rings. The first-order valence-corrected chi connectivity index (χ1v) is 10.4. The molecular weight excluding hydrogens is 364 g/mol. The minimum Gasteiger partial charge on any atom is -0.297 e. The average Bonchev–Trinajstić information content (AvgIpc) is 2.72. The molecule has 3 aromatic rings. The molecule has 0 amide bonds. The summed E-state index contributed by atoms with van der Waals surface area (Å²) in [6.45, 7) is 8.52. The first-order valence-electron chi connectivity index (χ1n) is 10.0. The van der Waals surface area contributed by atoms with E-state index in [1.165, 1.54) is 27.8 Å². The van der Waals surface area contributed by atoms with Gasteiger partial charge in [-0.3, -0.25) is 9.80 Å². The predicted molar refractivity (Wildman–Crippen MR) is 119 cm³/mol. The van der Waals surface area contributed by atoms with Gasteiger partial charge in [-0.1, -0.05) is 78.3 Å². The summed E-state index contributed by atoms with van der Waals surface area (Å²) in [5.41, 5.74) is 6.56. The van der Waals surface area contributed by atoms with Crippen molar-refractivity contribution in [2.45, 2.75) is 20.0 Å². The van der Waals surface area contributed by atoms with Gasteiger partial charge in [-0.05, 0) is 40.8 Å². The Bertz CT molecular complexity index is 912. The van der Waals surface area contributed by atoms with Crippen LogP contribution in [0.2, 0.25) is 5.02 Å². The fraction of sp³-hybridized carbons (Fsp3) is 0.280. The molecule has 0 N–H and O–H groups in total. The Labute approximate surface area is 173 Å². The lowest BCUT2D eigenvalue weighted by Crippen LogP contribution is -2.45. The van der Waals surface area contributed by atoms with Crippen LogP contribution in [0, 0.1) is 6.92 Å². The molecule has 0 aliphatic carbocycles. The van der Waals surface area contributed by atoms with Crippen LogP contribution < -0.4 is 0 Å². The van der Waals surface area contributed by atoms with E-state index in [4.69, 9.17) is 11.6 Å². The number of benzene rings is 3. The van der Waals surface area contributed by atoms with Crippen molar-refractivity contribution in [1.82, 2.24) is 9.80 Å². The molecule has 28 heavy (non-hydrogen) atoms. The van der Waals surface area contributed by atoms with E-state index in [0.717, 1.165) is 44.3 Å². The van der Waals surface area contributed by atoms with Gasteiger partial charge in [0.05, 0.1) is 0 Å². The molecule has 1 saturated heterocycles. The number of hydrogen-bond acceptors (Lipinski definition) is 2. The molecule has 0 spiro atoms. The van der Waals surface area contributed by atoms with Gasteiger partial charge >= 0.3 is 0 Å². The van der Waals surface area contributed by atoms with Gasteiger partial charge in [-0.2, -0.15) is 0 Å². The van der Waals surface area contributed by atoms with Gasteiger partial charge < -0.3 is 0 Å². The summed E-state index contributed by atoms with van der Waals surface area (Å²) in [4.78, 5) is 5.05. The third-order valence-corrected chi connectivity index (χ3v) is 6.00. The summed E-state index contributed by atoms with van der Waals surface area (Å²) < 4.78 is 0. The number of aryl methyl sites for hydroxylation is 1. The molecule has 1 heterocycles. The van der Waals surface area contributed by atoms with Crippen LogP contribution in [-0.2, 0) is 13.1 Å². The maximum absolute atomic E-state index is 6.31. The molecule has 144 valence electrons. The Morgan fingerprint density at radius 1 is 0.714 bits per heavy atom. The molecule has 0 aromatic heterocycles. The number of hydrogen-bond donors (Lipinski definition) is 0. The third-order valence-electron chi connectivity index (χ3n) is 5.63. The lowest BCUT2D eigenvalue weighted by molar-refractivity contribution is 0.122. The fourth-order valence-corrected chi connectivity index (χ4v) is 4.11. The second-order valence-electron chi connectivity index (χ2n) is 7.66. The monoisotopic (exact) mass is 390 g/mol. The topological polar surface area (TPSA) is 6.48 Å². The highest BCUT2D eigenvalue weighted by Gasteiger charge is 2.17. The molecule has 1 aliphatic heterocycles. The Balaban J connectivity index is 1.31. The number of nitrogens with zero attached hydrogens (tertiary/aromatic N) is 2. The van der Waals surface area contributed by atoms with Crippen molar-refractivity contribution in [2.24, 2.45) is 0 Å². The Morgan fingerprint density at radius 2 is 1.32 bits per heavy atom. The molecule has 0 saturated carbocycles. The Kier molecular flexibility index (Phi) is 6.11.